The van der Waals surface area contributed by atoms with E-state index in [9.17, 15) is 19.4 Å². The summed E-state index contributed by atoms with van der Waals surface area (Å²) in [6, 6.07) is 0. The third kappa shape index (κ3) is 5.46. The van der Waals surface area contributed by atoms with Crippen LogP contribution in [0, 0.1) is 0 Å². The van der Waals surface area contributed by atoms with Gasteiger partial charge < -0.3 is 24.8 Å². The molecule has 21 heteroatoms. The van der Waals surface area contributed by atoms with Crippen molar-refractivity contribution < 1.29 is 32.7 Å². The van der Waals surface area contributed by atoms with Crippen LogP contribution in [0.4, 0.5) is 5.95 Å². The Hall–Kier alpha value is -2.31. The number of anilines is 1. The number of aliphatic hydroxyl groups is 1. The molecule has 17 nitrogen and oxygen atoms in total. The van der Waals surface area contributed by atoms with Crippen LogP contribution in [-0.2, 0) is 47.6 Å². The lowest BCUT2D eigenvalue weighted by molar-refractivity contribution is -0.128. The highest BCUT2D eigenvalue weighted by molar-refractivity contribution is 8.44. The summed E-state index contributed by atoms with van der Waals surface area (Å²) in [6.45, 7) is -7.13. The van der Waals surface area contributed by atoms with E-state index in [0.29, 0.717) is 17.0 Å². The van der Waals surface area contributed by atoms with E-state index in [0.717, 1.165) is 10.9 Å². The largest absolute Gasteiger partial charge is 0.388 e. The van der Waals surface area contributed by atoms with Crippen LogP contribution in [0.15, 0.2) is 23.6 Å². The Morgan fingerprint density at radius 1 is 1.30 bits per heavy atom. The maximum atomic E-state index is 13.2. The van der Waals surface area contributed by atoms with Crippen molar-refractivity contribution in [2.24, 2.45) is 0 Å². The summed E-state index contributed by atoms with van der Waals surface area (Å²) in [7, 11) is 0. The van der Waals surface area contributed by atoms with Gasteiger partial charge in [-0.2, -0.15) is 4.98 Å². The molecule has 37 heavy (non-hydrogen) atoms. The topological polar surface area (TPSA) is 228 Å². The van der Waals surface area contributed by atoms with E-state index in [-0.39, 0.29) is 30.3 Å². The minimum Gasteiger partial charge on any atom is -0.369 e. The number of hydrogen-bond acceptors (Lipinski definition) is 14. The molecule has 5 heterocycles. The SMILES string of the molecule is C[C@H]1Cn2c(nc3cncnc32)COP(O)(=S)OC([C@@H](O)n2cnc3c(=O)[nH]c(N)nc32)OP(=O)(S)O1. The van der Waals surface area contributed by atoms with Gasteiger partial charge in [-0.1, -0.05) is 12.2 Å². The van der Waals surface area contributed by atoms with Gasteiger partial charge in [0.2, 0.25) is 12.2 Å². The second-order valence-corrected chi connectivity index (χ2v) is 13.4. The average Bonchev–Trinajstić information content (AvgIpc) is 3.37. The van der Waals surface area contributed by atoms with Gasteiger partial charge in [0.25, 0.3) is 5.56 Å². The van der Waals surface area contributed by atoms with Crippen molar-refractivity contribution in [3.8, 4) is 0 Å². The molecule has 4 aromatic rings. The van der Waals surface area contributed by atoms with Crippen LogP contribution in [0.2, 0.25) is 0 Å². The normalized spacial score (nSPS) is 28.4. The van der Waals surface area contributed by atoms with Crippen LogP contribution in [0.5, 0.6) is 0 Å². The lowest BCUT2D eigenvalue weighted by Crippen LogP contribution is -2.29. The number of rotatable bonds is 2. The first-order valence-corrected chi connectivity index (χ1v) is 15.6. The fraction of sp³-hybridized carbons (Fsp3) is 0.375. The van der Waals surface area contributed by atoms with Gasteiger partial charge in [0.15, 0.2) is 23.0 Å². The number of nitrogen functional groups attached to an aromatic ring is 1. The van der Waals surface area contributed by atoms with Crippen molar-refractivity contribution in [1.29, 1.82) is 0 Å². The first kappa shape index (κ1) is 26.3. The van der Waals surface area contributed by atoms with Gasteiger partial charge in [-0.05, 0) is 18.7 Å². The average molecular weight is 591 g/mol. The number of nitrogens with zero attached hydrogens (tertiary/aromatic N) is 7. The summed E-state index contributed by atoms with van der Waals surface area (Å²) in [4.78, 5) is 45.5. The minimum absolute atomic E-state index is 0.0840. The van der Waals surface area contributed by atoms with E-state index in [4.69, 9.17) is 35.6 Å². The molecule has 0 saturated carbocycles. The molecule has 5 rings (SSSR count). The second kappa shape index (κ2) is 9.77. The summed E-state index contributed by atoms with van der Waals surface area (Å²) < 4.78 is 37.5. The van der Waals surface area contributed by atoms with Gasteiger partial charge in [-0.15, -0.1) is 0 Å². The number of hydrogen-bond donors (Lipinski definition) is 5. The first-order valence-electron chi connectivity index (χ1n) is 10.3. The van der Waals surface area contributed by atoms with Crippen molar-refractivity contribution >= 4 is 65.8 Å². The highest BCUT2D eigenvalue weighted by Crippen LogP contribution is 2.58. The number of aromatic nitrogens is 8. The van der Waals surface area contributed by atoms with Gasteiger partial charge >= 0.3 is 13.5 Å². The Kier molecular flexibility index (Phi) is 6.95. The van der Waals surface area contributed by atoms with E-state index in [2.05, 4.69) is 42.2 Å². The number of aliphatic hydroxyl groups excluding tert-OH is 1. The van der Waals surface area contributed by atoms with Crippen molar-refractivity contribution in [2.75, 3.05) is 5.73 Å². The number of thiol groups is 1. The number of nitrogens with two attached hydrogens (primary N) is 1. The first-order chi connectivity index (χ1) is 17.4. The third-order valence-electron chi connectivity index (χ3n) is 5.05. The van der Waals surface area contributed by atoms with E-state index in [1.54, 1.807) is 11.5 Å². The monoisotopic (exact) mass is 591 g/mol. The van der Waals surface area contributed by atoms with Gasteiger partial charge in [-0.3, -0.25) is 27.9 Å². The molecule has 0 aliphatic carbocycles. The van der Waals surface area contributed by atoms with E-state index >= 15 is 0 Å². The Morgan fingerprint density at radius 3 is 2.86 bits per heavy atom. The van der Waals surface area contributed by atoms with Gasteiger partial charge in [0.05, 0.1) is 25.2 Å². The van der Waals surface area contributed by atoms with Crippen molar-refractivity contribution in [1.82, 2.24) is 39.0 Å². The molecule has 0 bridgehead atoms. The number of aromatic amines is 1. The van der Waals surface area contributed by atoms with Gasteiger partial charge in [0, 0.05) is 0 Å². The molecule has 0 fully saturated rings. The van der Waals surface area contributed by atoms with Crippen LogP contribution in [0.25, 0.3) is 22.3 Å². The summed E-state index contributed by atoms with van der Waals surface area (Å²) in [5, 5.41) is 11.0. The Balaban J connectivity index is 1.53. The molecule has 5 atom stereocenters. The van der Waals surface area contributed by atoms with Crippen LogP contribution in [-0.4, -0.2) is 61.4 Å². The van der Waals surface area contributed by atoms with Crippen LogP contribution in [0.1, 0.15) is 19.0 Å². The molecule has 0 spiro atoms. The van der Waals surface area contributed by atoms with Crippen LogP contribution in [0.3, 0.4) is 0 Å². The number of imidazole rings is 2. The molecule has 1 aliphatic heterocycles. The molecule has 1 aliphatic rings. The zero-order valence-electron chi connectivity index (χ0n) is 18.7. The molecule has 5 N–H and O–H groups in total. The molecule has 3 unspecified atom stereocenters. The minimum atomic E-state index is -4.29. The predicted molar refractivity (Wildman–Crippen MR) is 134 cm³/mol. The molecule has 0 saturated heterocycles. The fourth-order valence-corrected chi connectivity index (χ4v) is 6.58. The Bertz CT molecular complexity index is 1640. The standard InChI is InChI=1S/C16H19N9O8P2S2/c1-7-3-24-9(21-8-2-18-5-19-11(8)24)4-30-34(28,36)32-15(33-35(29,37)31-7)14(27)25-6-20-10-12(25)22-16(17)23-13(10)26/h2,5-7,14-15,27H,3-4H2,1H3,(H,28,36)(H,29,37)(H3,17,22,23,26)/t7-,14+,15?,34?,35?/m0/s1. The molecule has 4 aromatic heterocycles. The highest BCUT2D eigenvalue weighted by Gasteiger charge is 2.38. The molecular formula is C16H19N9O8P2S2. The molecule has 0 amide bonds. The lowest BCUT2D eigenvalue weighted by Gasteiger charge is -2.30. The van der Waals surface area contributed by atoms with Gasteiger partial charge in [-0.25, -0.2) is 24.5 Å². The second-order valence-electron chi connectivity index (χ2n) is 7.76. The summed E-state index contributed by atoms with van der Waals surface area (Å²) in [5.41, 5.74) is 5.48. The summed E-state index contributed by atoms with van der Waals surface area (Å²) in [5.74, 6) is 0.0390. The zero-order valence-corrected chi connectivity index (χ0v) is 22.2. The summed E-state index contributed by atoms with van der Waals surface area (Å²) >= 11 is 9.08. The Morgan fingerprint density at radius 2 is 2.08 bits per heavy atom. The Labute approximate surface area is 216 Å². The molecule has 0 aromatic carbocycles. The quantitative estimate of drug-likeness (QED) is 0.159. The van der Waals surface area contributed by atoms with Crippen molar-refractivity contribution in [2.45, 2.75) is 38.7 Å². The van der Waals surface area contributed by atoms with E-state index in [1.807, 2.05) is 0 Å². The highest BCUT2D eigenvalue weighted by atomic mass is 32.7. The van der Waals surface area contributed by atoms with E-state index in [1.165, 1.54) is 12.5 Å². The third-order valence-corrected chi connectivity index (χ3v) is 8.22. The summed E-state index contributed by atoms with van der Waals surface area (Å²) in [6.07, 6.45) is -0.823. The molecular weight excluding hydrogens is 572 g/mol. The lowest BCUT2D eigenvalue weighted by atomic mass is 10.4. The number of H-pyrrole nitrogens is 1. The predicted octanol–water partition coefficient (Wildman–Crippen LogP) is 0.582. The van der Waals surface area contributed by atoms with Crippen LogP contribution >= 0.6 is 25.8 Å². The van der Waals surface area contributed by atoms with E-state index < -0.39 is 37.7 Å². The van der Waals surface area contributed by atoms with Crippen molar-refractivity contribution in [3.63, 3.8) is 0 Å². The maximum absolute atomic E-state index is 13.2. The van der Waals surface area contributed by atoms with Crippen LogP contribution < -0.4 is 11.3 Å². The smallest absolute Gasteiger partial charge is 0.369 e. The zero-order chi connectivity index (χ0) is 26.5. The number of nitrogens with one attached hydrogen (secondary N) is 1. The van der Waals surface area contributed by atoms with Crippen molar-refractivity contribution in [3.05, 3.63) is 35.0 Å². The molecule has 0 radical (unpaired) electrons. The number of fused-ring (bicyclic) bond motifs is 4. The molecule has 198 valence electrons. The fourth-order valence-electron chi connectivity index (χ4n) is 3.60. The van der Waals surface area contributed by atoms with Gasteiger partial charge in [0.1, 0.15) is 24.3 Å². The maximum Gasteiger partial charge on any atom is 0.388 e.